The van der Waals surface area contributed by atoms with Crippen molar-refractivity contribution in [1.29, 1.82) is 0 Å². The number of carbonyl (C=O) groups is 8. The smallest absolute Gasteiger partial charge is 0.408 e. The Kier molecular flexibility index (Phi) is 24.9. The highest BCUT2D eigenvalue weighted by Crippen LogP contribution is 2.41. The third kappa shape index (κ3) is 18.0. The molecule has 2 bridgehead atoms. The first-order valence-corrected chi connectivity index (χ1v) is 30.1. The standard InChI is InChI=1S/C59H95N11O11S/c1-15-35(6)48(69(12)56(76)47(34(4)5)66-54(75)49-38-23-24-40(31-38)68(49)11)44(79-13)32-45(71)70-27-18-22-43(70)50(80-14)36(7)51(72)65-42(55-61-26-28-82-55)30-37-19-16-20-39(29-37)63-52(73)41(21-17-25-62-57(60)77)64-53(74)46(33(2)3)67-58(78)81-59(8,9)10/h16,19-20,26,28-29,33-36,38,40-44,46-50H,15,17-18,21-25,27,30-32H2,1-14H3,(H,63,73)(H,64,74)(H,65,72)(H,66,75)(H,67,78)(H3,60,62,77)/t35-,36+,38-,40+,41-,42-,43-,44+,46-,47-,48-,49-,50+/m0/s1. The monoisotopic (exact) mass is 1170 g/mol. The maximum atomic E-state index is 14.6. The number of fused-ring (bicyclic) bond motifs is 2. The highest BCUT2D eigenvalue weighted by molar-refractivity contribution is 7.09. The molecule has 0 unspecified atom stereocenters. The van der Waals surface area contributed by atoms with Crippen LogP contribution in [0.25, 0.3) is 0 Å². The molecule has 1 aromatic carbocycles. The molecule has 1 saturated carbocycles. The summed E-state index contributed by atoms with van der Waals surface area (Å²) in [5, 5.41) is 19.6. The van der Waals surface area contributed by atoms with Crippen molar-refractivity contribution in [3.63, 3.8) is 0 Å². The van der Waals surface area contributed by atoms with E-state index in [9.17, 15) is 38.4 Å². The van der Waals surface area contributed by atoms with Crippen LogP contribution in [-0.2, 0) is 49.4 Å². The van der Waals surface area contributed by atoms with Gasteiger partial charge in [0.15, 0.2) is 0 Å². The van der Waals surface area contributed by atoms with E-state index in [1.165, 1.54) is 11.3 Å². The number of ether oxygens (including phenoxy) is 3. The Balaban J connectivity index is 1.27. The molecule has 2 saturated heterocycles. The molecule has 1 aromatic heterocycles. The Morgan fingerprint density at radius 2 is 1.60 bits per heavy atom. The number of thiazole rings is 1. The molecular weight excluding hydrogens is 1070 g/mol. The van der Waals surface area contributed by atoms with Gasteiger partial charge in [0, 0.05) is 57.7 Å². The summed E-state index contributed by atoms with van der Waals surface area (Å²) in [7, 11) is 6.84. The van der Waals surface area contributed by atoms with Crippen LogP contribution in [0.15, 0.2) is 35.8 Å². The lowest BCUT2D eigenvalue weighted by molar-refractivity contribution is -0.148. The first kappa shape index (κ1) is 66.9. The van der Waals surface area contributed by atoms with Crippen LogP contribution in [0.2, 0.25) is 0 Å². The van der Waals surface area contributed by atoms with Crippen LogP contribution >= 0.6 is 11.3 Å². The molecule has 2 aliphatic heterocycles. The fourth-order valence-electron chi connectivity index (χ4n) is 12.1. The van der Waals surface area contributed by atoms with E-state index in [0.29, 0.717) is 42.5 Å². The summed E-state index contributed by atoms with van der Waals surface area (Å²) in [6.45, 7) is 19.0. The number of rotatable bonds is 29. The third-order valence-corrected chi connectivity index (χ3v) is 17.5. The van der Waals surface area contributed by atoms with E-state index in [1.807, 2.05) is 46.2 Å². The van der Waals surface area contributed by atoms with Crippen LogP contribution in [0.4, 0.5) is 15.3 Å². The molecule has 82 heavy (non-hydrogen) atoms. The zero-order valence-corrected chi connectivity index (χ0v) is 51.7. The van der Waals surface area contributed by atoms with Crippen LogP contribution in [-0.4, -0.2) is 169 Å². The van der Waals surface area contributed by atoms with E-state index in [4.69, 9.17) is 19.9 Å². The van der Waals surface area contributed by atoms with Gasteiger partial charge < -0.3 is 61.6 Å². The van der Waals surface area contributed by atoms with Gasteiger partial charge in [-0.25, -0.2) is 14.6 Å². The summed E-state index contributed by atoms with van der Waals surface area (Å²) in [4.78, 5) is 120. The minimum Gasteiger partial charge on any atom is -0.444 e. The topological polar surface area (TPSA) is 285 Å². The molecule has 458 valence electrons. The van der Waals surface area contributed by atoms with Crippen molar-refractivity contribution in [2.24, 2.45) is 35.3 Å². The van der Waals surface area contributed by atoms with E-state index in [0.717, 1.165) is 24.8 Å². The number of methoxy groups -OCH3 is 2. The van der Waals surface area contributed by atoms with E-state index in [2.05, 4.69) is 41.8 Å². The van der Waals surface area contributed by atoms with Crippen molar-refractivity contribution in [3.05, 3.63) is 46.4 Å². The van der Waals surface area contributed by atoms with Crippen molar-refractivity contribution in [1.82, 2.24) is 46.3 Å². The zero-order valence-electron chi connectivity index (χ0n) is 50.9. The molecule has 8 N–H and O–H groups in total. The number of amides is 9. The van der Waals surface area contributed by atoms with Crippen LogP contribution in [0, 0.1) is 29.6 Å². The number of hydrogen-bond acceptors (Lipinski definition) is 14. The fourth-order valence-corrected chi connectivity index (χ4v) is 12.7. The van der Waals surface area contributed by atoms with Gasteiger partial charge >= 0.3 is 12.1 Å². The second-order valence-corrected chi connectivity index (χ2v) is 25.3. The van der Waals surface area contributed by atoms with E-state index < -0.39 is 83.9 Å². The van der Waals surface area contributed by atoms with Gasteiger partial charge in [-0.05, 0) is 121 Å². The predicted molar refractivity (Wildman–Crippen MR) is 314 cm³/mol. The van der Waals surface area contributed by atoms with Gasteiger partial charge in [0.2, 0.25) is 35.4 Å². The Morgan fingerprint density at radius 1 is 0.890 bits per heavy atom. The lowest BCUT2D eigenvalue weighted by Crippen LogP contribution is -2.60. The lowest BCUT2D eigenvalue weighted by Gasteiger charge is -2.41. The average Bonchev–Trinajstić information content (AvgIpc) is 4.46. The molecule has 3 heterocycles. The molecule has 0 spiro atoms. The van der Waals surface area contributed by atoms with Crippen molar-refractivity contribution >= 4 is 64.6 Å². The van der Waals surface area contributed by atoms with Gasteiger partial charge in [-0.1, -0.05) is 67.0 Å². The Hall–Kier alpha value is -5.91. The number of aromatic nitrogens is 1. The number of carbonyl (C=O) groups excluding carboxylic acids is 8. The summed E-state index contributed by atoms with van der Waals surface area (Å²) < 4.78 is 17.6. The highest BCUT2D eigenvalue weighted by atomic mass is 32.1. The molecule has 3 aliphatic rings. The maximum absolute atomic E-state index is 14.6. The van der Waals surface area contributed by atoms with E-state index >= 15 is 0 Å². The number of anilines is 1. The number of nitrogens with one attached hydrogen (secondary N) is 6. The summed E-state index contributed by atoms with van der Waals surface area (Å²) in [5.74, 6) is -3.05. The summed E-state index contributed by atoms with van der Waals surface area (Å²) in [6.07, 6.45) is 5.27. The number of urea groups is 1. The minimum absolute atomic E-state index is 0.0213. The molecule has 2 aromatic rings. The zero-order chi connectivity index (χ0) is 60.7. The second-order valence-electron chi connectivity index (χ2n) is 24.3. The van der Waals surface area contributed by atoms with Crippen LogP contribution in [0.1, 0.15) is 144 Å². The van der Waals surface area contributed by atoms with Gasteiger partial charge in [0.1, 0.15) is 28.7 Å². The Morgan fingerprint density at radius 3 is 2.18 bits per heavy atom. The molecule has 22 nitrogen and oxygen atoms in total. The molecule has 0 radical (unpaired) electrons. The molecular formula is C59H95N11O11S. The number of likely N-dealkylation sites (tertiary alicyclic amines) is 2. The number of nitrogens with two attached hydrogens (primary N) is 1. The first-order valence-electron chi connectivity index (χ1n) is 29.3. The van der Waals surface area contributed by atoms with Crippen molar-refractivity contribution in [2.45, 2.75) is 200 Å². The Bertz CT molecular complexity index is 2470. The minimum atomic E-state index is -1.08. The SMILES string of the molecule is CC[C@H](C)[C@@H]([C@@H](CC(=O)N1CCC[C@H]1[C@H](OC)[C@@H](C)C(=O)N[C@@H](Cc1cccc(NC(=O)[C@H](CCCNC(N)=O)NC(=O)[C@@H](NC(=O)OC(C)(C)C)C(C)C)c1)c1nccs1)OC)N(C)C(=O)[C@@H](NC(=O)[C@@H]1[C@H]2CC[C@H](C2)N1C)C(C)C. The van der Waals surface area contributed by atoms with Crippen LogP contribution in [0.5, 0.6) is 0 Å². The van der Waals surface area contributed by atoms with Gasteiger partial charge in [-0.3, -0.25) is 33.7 Å². The number of benzene rings is 1. The van der Waals surface area contributed by atoms with E-state index in [1.54, 1.807) is 97.0 Å². The number of alkyl carbamates (subject to hydrolysis) is 1. The second kappa shape index (κ2) is 30.6. The molecule has 23 heteroatoms. The van der Waals surface area contributed by atoms with Crippen LogP contribution in [0.3, 0.4) is 0 Å². The maximum Gasteiger partial charge on any atom is 0.408 e. The number of hydrogen-bond donors (Lipinski definition) is 7. The van der Waals surface area contributed by atoms with Gasteiger partial charge in [0.05, 0.1) is 48.7 Å². The third-order valence-electron chi connectivity index (χ3n) is 16.6. The molecule has 3 fully saturated rings. The quantitative estimate of drug-likeness (QED) is 0.0496. The van der Waals surface area contributed by atoms with Crippen LogP contribution < -0.4 is 37.6 Å². The summed E-state index contributed by atoms with van der Waals surface area (Å²) in [5.41, 5.74) is 5.62. The molecule has 5 rings (SSSR count). The number of likely N-dealkylation sites (N-methyl/N-ethyl adjacent to an activating group) is 2. The number of nitrogens with zero attached hydrogens (tertiary/aromatic N) is 4. The van der Waals surface area contributed by atoms with Crippen molar-refractivity contribution < 1.29 is 52.6 Å². The summed E-state index contributed by atoms with van der Waals surface area (Å²) in [6, 6.07) is 2.09. The predicted octanol–water partition coefficient (Wildman–Crippen LogP) is 5.51. The normalized spacial score (nSPS) is 21.3. The van der Waals surface area contributed by atoms with E-state index in [-0.39, 0.29) is 85.6 Å². The molecule has 1 aliphatic carbocycles. The molecule has 9 amide bonds. The number of primary amides is 1. The lowest BCUT2D eigenvalue weighted by atomic mass is 9.89. The highest BCUT2D eigenvalue weighted by Gasteiger charge is 2.49. The van der Waals surface area contributed by atoms with Gasteiger partial charge in [-0.2, -0.15) is 0 Å². The van der Waals surface area contributed by atoms with Crippen molar-refractivity contribution in [3.8, 4) is 0 Å². The summed E-state index contributed by atoms with van der Waals surface area (Å²) >= 11 is 1.38. The van der Waals surface area contributed by atoms with Gasteiger partial charge in [-0.15, -0.1) is 11.3 Å². The number of piperidine rings is 1. The van der Waals surface area contributed by atoms with Gasteiger partial charge in [0.25, 0.3) is 0 Å². The first-order chi connectivity index (χ1) is 38.7. The average molecular weight is 1170 g/mol. The molecule has 13 atom stereocenters. The largest absolute Gasteiger partial charge is 0.444 e. The fraction of sp³-hybridized carbons (Fsp3) is 0.712. The Labute approximate surface area is 489 Å². The van der Waals surface area contributed by atoms with Crippen molar-refractivity contribution in [2.75, 3.05) is 46.7 Å².